The third kappa shape index (κ3) is 2.44. The molecular formula is C12H21N3O. The van der Waals surface area contributed by atoms with Crippen LogP contribution < -0.4 is 5.32 Å². The highest BCUT2D eigenvalue weighted by molar-refractivity contribution is 5.06. The van der Waals surface area contributed by atoms with Gasteiger partial charge in [-0.15, -0.1) is 0 Å². The number of aromatic nitrogens is 2. The lowest BCUT2D eigenvalue weighted by atomic mass is 9.92. The highest BCUT2D eigenvalue weighted by Crippen LogP contribution is 2.21. The van der Waals surface area contributed by atoms with E-state index in [1.54, 1.807) is 0 Å². The van der Waals surface area contributed by atoms with E-state index in [4.69, 9.17) is 0 Å². The number of hydrogen-bond acceptors (Lipinski definition) is 3. The van der Waals surface area contributed by atoms with Crippen LogP contribution in [-0.4, -0.2) is 27.0 Å². The standard InChI is InChI=1S/C12H21N3O/c1-9(11-7-8-13-15(11)2)14-10-5-3-4-6-12(10)16/h7-10,12,14,16H,3-6H2,1-2H3/t9?,10-,12-/m1/s1. The third-order valence-corrected chi connectivity index (χ3v) is 3.50. The van der Waals surface area contributed by atoms with E-state index in [0.29, 0.717) is 0 Å². The molecule has 0 bridgehead atoms. The largest absolute Gasteiger partial charge is 0.392 e. The molecule has 3 atom stereocenters. The summed E-state index contributed by atoms with van der Waals surface area (Å²) in [6.45, 7) is 2.12. The van der Waals surface area contributed by atoms with Crippen molar-refractivity contribution in [2.24, 2.45) is 7.05 Å². The lowest BCUT2D eigenvalue weighted by Gasteiger charge is -2.31. The molecule has 1 fully saturated rings. The Balaban J connectivity index is 1.96. The summed E-state index contributed by atoms with van der Waals surface area (Å²) < 4.78 is 1.88. The fourth-order valence-corrected chi connectivity index (χ4v) is 2.52. The zero-order valence-corrected chi connectivity index (χ0v) is 10.1. The molecule has 16 heavy (non-hydrogen) atoms. The molecule has 1 aromatic rings. The second-order valence-corrected chi connectivity index (χ2v) is 4.73. The summed E-state index contributed by atoms with van der Waals surface area (Å²) >= 11 is 0. The van der Waals surface area contributed by atoms with Crippen LogP contribution in [0.25, 0.3) is 0 Å². The van der Waals surface area contributed by atoms with E-state index >= 15 is 0 Å². The second-order valence-electron chi connectivity index (χ2n) is 4.73. The number of nitrogens with zero attached hydrogens (tertiary/aromatic N) is 2. The number of nitrogens with one attached hydrogen (secondary N) is 1. The smallest absolute Gasteiger partial charge is 0.0693 e. The molecule has 1 unspecified atom stereocenters. The second kappa shape index (κ2) is 4.97. The first-order chi connectivity index (χ1) is 7.68. The first-order valence-corrected chi connectivity index (χ1v) is 6.10. The summed E-state index contributed by atoms with van der Waals surface area (Å²) in [6.07, 6.45) is 5.99. The van der Waals surface area contributed by atoms with Crippen LogP contribution in [0.15, 0.2) is 12.3 Å². The lowest BCUT2D eigenvalue weighted by Crippen LogP contribution is -2.43. The van der Waals surface area contributed by atoms with Gasteiger partial charge >= 0.3 is 0 Å². The summed E-state index contributed by atoms with van der Waals surface area (Å²) in [5.74, 6) is 0. The van der Waals surface area contributed by atoms with Gasteiger partial charge in [0, 0.05) is 25.3 Å². The van der Waals surface area contributed by atoms with Crippen LogP contribution in [0.5, 0.6) is 0 Å². The summed E-state index contributed by atoms with van der Waals surface area (Å²) in [6, 6.07) is 2.50. The van der Waals surface area contributed by atoms with Crippen molar-refractivity contribution in [1.82, 2.24) is 15.1 Å². The average molecular weight is 223 g/mol. The Kier molecular flexibility index (Phi) is 3.61. The van der Waals surface area contributed by atoms with Gasteiger partial charge in [0.1, 0.15) is 0 Å². The molecule has 0 saturated heterocycles. The molecule has 1 aliphatic carbocycles. The van der Waals surface area contributed by atoms with Gasteiger partial charge in [0.2, 0.25) is 0 Å². The Morgan fingerprint density at radius 1 is 1.50 bits per heavy atom. The van der Waals surface area contributed by atoms with Gasteiger partial charge in [-0.1, -0.05) is 12.8 Å². The molecule has 4 nitrogen and oxygen atoms in total. The molecule has 1 aromatic heterocycles. The predicted octanol–water partition coefficient (Wildman–Crippen LogP) is 1.37. The van der Waals surface area contributed by atoms with Crippen LogP contribution in [-0.2, 0) is 7.05 Å². The van der Waals surface area contributed by atoms with Crippen molar-refractivity contribution in [3.8, 4) is 0 Å². The molecule has 2 N–H and O–H groups in total. The Morgan fingerprint density at radius 2 is 2.25 bits per heavy atom. The zero-order valence-electron chi connectivity index (χ0n) is 10.1. The maximum atomic E-state index is 9.90. The maximum absolute atomic E-state index is 9.90. The average Bonchev–Trinajstić information content (AvgIpc) is 2.68. The minimum Gasteiger partial charge on any atom is -0.392 e. The van der Waals surface area contributed by atoms with Crippen molar-refractivity contribution in [2.45, 2.75) is 50.8 Å². The summed E-state index contributed by atoms with van der Waals surface area (Å²) in [5.41, 5.74) is 1.16. The van der Waals surface area contributed by atoms with Crippen LogP contribution in [0.4, 0.5) is 0 Å². The molecule has 1 aliphatic rings. The van der Waals surface area contributed by atoms with Gasteiger partial charge in [0.25, 0.3) is 0 Å². The van der Waals surface area contributed by atoms with E-state index in [-0.39, 0.29) is 18.2 Å². The third-order valence-electron chi connectivity index (χ3n) is 3.50. The van der Waals surface area contributed by atoms with Crippen molar-refractivity contribution in [3.05, 3.63) is 18.0 Å². The van der Waals surface area contributed by atoms with Gasteiger partial charge in [-0.05, 0) is 25.8 Å². The molecule has 0 amide bonds. The fourth-order valence-electron chi connectivity index (χ4n) is 2.52. The Labute approximate surface area is 96.7 Å². The summed E-state index contributed by atoms with van der Waals surface area (Å²) in [4.78, 5) is 0. The topological polar surface area (TPSA) is 50.1 Å². The van der Waals surface area contributed by atoms with Crippen molar-refractivity contribution in [2.75, 3.05) is 0 Å². The lowest BCUT2D eigenvalue weighted by molar-refractivity contribution is 0.0854. The fraction of sp³-hybridized carbons (Fsp3) is 0.750. The normalized spacial score (nSPS) is 27.9. The highest BCUT2D eigenvalue weighted by atomic mass is 16.3. The molecule has 2 rings (SSSR count). The van der Waals surface area contributed by atoms with E-state index < -0.39 is 0 Å². The van der Waals surface area contributed by atoms with Crippen LogP contribution in [0, 0.1) is 0 Å². The molecule has 0 radical (unpaired) electrons. The van der Waals surface area contributed by atoms with Gasteiger partial charge in [-0.2, -0.15) is 5.10 Å². The van der Waals surface area contributed by atoms with Crippen LogP contribution in [0.3, 0.4) is 0 Å². The summed E-state index contributed by atoms with van der Waals surface area (Å²) in [7, 11) is 1.95. The Hall–Kier alpha value is -0.870. The van der Waals surface area contributed by atoms with Crippen molar-refractivity contribution < 1.29 is 5.11 Å². The van der Waals surface area contributed by atoms with Gasteiger partial charge in [-0.25, -0.2) is 0 Å². The zero-order chi connectivity index (χ0) is 11.5. The van der Waals surface area contributed by atoms with E-state index in [1.807, 2.05) is 24.0 Å². The Bertz CT molecular complexity index is 337. The number of aliphatic hydroxyl groups is 1. The number of aryl methyl sites for hydroxylation is 1. The SMILES string of the molecule is CC(N[C@@H]1CCCC[C@H]1O)c1ccnn1C. The first-order valence-electron chi connectivity index (χ1n) is 6.10. The summed E-state index contributed by atoms with van der Waals surface area (Å²) in [5, 5.41) is 17.6. The molecule has 0 aromatic carbocycles. The van der Waals surface area contributed by atoms with Crippen molar-refractivity contribution in [3.63, 3.8) is 0 Å². The molecular weight excluding hydrogens is 202 g/mol. The van der Waals surface area contributed by atoms with Gasteiger partial charge in [0.05, 0.1) is 11.8 Å². The molecule has 4 heteroatoms. The maximum Gasteiger partial charge on any atom is 0.0693 e. The van der Waals surface area contributed by atoms with Gasteiger partial charge in [-0.3, -0.25) is 4.68 Å². The van der Waals surface area contributed by atoms with Crippen LogP contribution in [0.1, 0.15) is 44.3 Å². The molecule has 90 valence electrons. The van der Waals surface area contributed by atoms with Gasteiger partial charge < -0.3 is 10.4 Å². The van der Waals surface area contributed by atoms with Gasteiger partial charge in [0.15, 0.2) is 0 Å². The molecule has 0 spiro atoms. The molecule has 1 heterocycles. The van der Waals surface area contributed by atoms with E-state index in [9.17, 15) is 5.11 Å². The highest BCUT2D eigenvalue weighted by Gasteiger charge is 2.24. The number of aliphatic hydroxyl groups excluding tert-OH is 1. The minimum absolute atomic E-state index is 0.190. The predicted molar refractivity (Wildman–Crippen MR) is 63.0 cm³/mol. The molecule has 1 saturated carbocycles. The number of hydrogen-bond donors (Lipinski definition) is 2. The van der Waals surface area contributed by atoms with Crippen molar-refractivity contribution >= 4 is 0 Å². The molecule has 0 aliphatic heterocycles. The van der Waals surface area contributed by atoms with Crippen molar-refractivity contribution in [1.29, 1.82) is 0 Å². The Morgan fingerprint density at radius 3 is 2.88 bits per heavy atom. The minimum atomic E-state index is -0.190. The van der Waals surface area contributed by atoms with Crippen LogP contribution in [0.2, 0.25) is 0 Å². The van der Waals surface area contributed by atoms with E-state index in [2.05, 4.69) is 17.3 Å². The first kappa shape index (κ1) is 11.6. The van der Waals surface area contributed by atoms with Crippen LogP contribution >= 0.6 is 0 Å². The monoisotopic (exact) mass is 223 g/mol. The van der Waals surface area contributed by atoms with E-state index in [1.165, 1.54) is 6.42 Å². The number of rotatable bonds is 3. The van der Waals surface area contributed by atoms with E-state index in [0.717, 1.165) is 25.0 Å². The quantitative estimate of drug-likeness (QED) is 0.814.